The number of halogens is 4. The number of anilines is 1. The van der Waals surface area contributed by atoms with Gasteiger partial charge in [-0.2, -0.15) is 5.10 Å². The molecule has 3 aromatic rings. The minimum absolute atomic E-state index is 0.270. The Kier molecular flexibility index (Phi) is 5.89. The molecule has 0 saturated carbocycles. The number of amides is 1. The number of aromatic nitrogens is 2. The minimum atomic E-state index is -0.270. The molecule has 0 spiro atoms. The Bertz CT molecular complexity index is 922. The van der Waals surface area contributed by atoms with Gasteiger partial charge in [-0.25, -0.2) is 0 Å². The normalized spacial score (nSPS) is 10.7. The Labute approximate surface area is 173 Å². The van der Waals surface area contributed by atoms with Gasteiger partial charge in [0.25, 0.3) is 5.91 Å². The Hall–Kier alpha value is -1.28. The fraction of sp³-hybridized carbons (Fsp3) is 0.0588. The van der Waals surface area contributed by atoms with Crippen LogP contribution in [0, 0.1) is 3.57 Å². The molecule has 1 heterocycles. The van der Waals surface area contributed by atoms with Crippen LogP contribution < -0.4 is 5.32 Å². The minimum Gasteiger partial charge on any atom is -0.304 e. The summed E-state index contributed by atoms with van der Waals surface area (Å²) in [5.41, 5.74) is 1.29. The average molecular weight is 507 g/mol. The summed E-state index contributed by atoms with van der Waals surface area (Å²) in [7, 11) is 0. The van der Waals surface area contributed by atoms with Crippen LogP contribution in [-0.4, -0.2) is 15.7 Å². The summed E-state index contributed by atoms with van der Waals surface area (Å²) >= 11 is 20.7. The zero-order valence-corrected chi connectivity index (χ0v) is 17.1. The molecular formula is C17H11Cl3IN3O. The molecule has 8 heteroatoms. The molecule has 0 aliphatic rings. The predicted octanol–water partition coefficient (Wildman–Crippen LogP) is 5.75. The van der Waals surface area contributed by atoms with E-state index in [1.54, 1.807) is 41.2 Å². The van der Waals surface area contributed by atoms with E-state index in [9.17, 15) is 4.79 Å². The Morgan fingerprint density at radius 2 is 1.72 bits per heavy atom. The summed E-state index contributed by atoms with van der Waals surface area (Å²) in [5, 5.41) is 8.47. The fourth-order valence-electron chi connectivity index (χ4n) is 2.23. The zero-order chi connectivity index (χ0) is 18.0. The molecule has 3 rings (SSSR count). The van der Waals surface area contributed by atoms with Crippen LogP contribution in [0.25, 0.3) is 0 Å². The van der Waals surface area contributed by atoms with E-state index in [1.165, 1.54) is 0 Å². The number of hydrogen-bond acceptors (Lipinski definition) is 2. The van der Waals surface area contributed by atoms with Crippen LogP contribution >= 0.6 is 57.4 Å². The van der Waals surface area contributed by atoms with E-state index in [2.05, 4.69) is 33.0 Å². The Balaban J connectivity index is 1.81. The molecule has 0 radical (unpaired) electrons. The van der Waals surface area contributed by atoms with Gasteiger partial charge in [0.15, 0.2) is 5.82 Å². The van der Waals surface area contributed by atoms with Crippen molar-refractivity contribution in [1.29, 1.82) is 0 Å². The molecule has 0 aliphatic heterocycles. The predicted molar refractivity (Wildman–Crippen MR) is 110 cm³/mol. The number of rotatable bonds is 4. The molecule has 0 atom stereocenters. The van der Waals surface area contributed by atoms with Gasteiger partial charge in [0.05, 0.1) is 12.1 Å². The SMILES string of the molecule is O=C(Nc1nn(Cc2c(Cl)cccc2Cl)cc1Cl)c1ccccc1I. The number of hydrogen-bond donors (Lipinski definition) is 1. The molecule has 0 bridgehead atoms. The van der Waals surface area contributed by atoms with E-state index in [0.29, 0.717) is 27.2 Å². The first-order chi connectivity index (χ1) is 12.0. The van der Waals surface area contributed by atoms with E-state index in [1.807, 2.05) is 12.1 Å². The molecule has 2 aromatic carbocycles. The van der Waals surface area contributed by atoms with Gasteiger partial charge in [0.1, 0.15) is 5.02 Å². The average Bonchev–Trinajstić information content (AvgIpc) is 2.91. The second-order valence-electron chi connectivity index (χ2n) is 5.16. The molecule has 1 N–H and O–H groups in total. The van der Waals surface area contributed by atoms with Gasteiger partial charge in [0.2, 0.25) is 0 Å². The van der Waals surface area contributed by atoms with Crippen molar-refractivity contribution in [2.45, 2.75) is 6.54 Å². The molecule has 0 saturated heterocycles. The second-order valence-corrected chi connectivity index (χ2v) is 7.54. The van der Waals surface area contributed by atoms with Gasteiger partial charge in [-0.3, -0.25) is 9.48 Å². The maximum atomic E-state index is 12.4. The highest BCUT2D eigenvalue weighted by molar-refractivity contribution is 14.1. The maximum Gasteiger partial charge on any atom is 0.257 e. The third kappa shape index (κ3) is 4.28. The highest BCUT2D eigenvalue weighted by Gasteiger charge is 2.15. The van der Waals surface area contributed by atoms with Crippen molar-refractivity contribution >= 4 is 69.1 Å². The fourth-order valence-corrected chi connectivity index (χ4v) is 3.58. The summed E-state index contributed by atoms with van der Waals surface area (Å²) in [5.74, 6) is 0.0161. The van der Waals surface area contributed by atoms with Crippen molar-refractivity contribution in [2.75, 3.05) is 5.32 Å². The van der Waals surface area contributed by atoms with Gasteiger partial charge in [-0.05, 0) is 46.9 Å². The summed E-state index contributed by atoms with van der Waals surface area (Å²) < 4.78 is 2.43. The van der Waals surface area contributed by atoms with E-state index in [-0.39, 0.29) is 11.7 Å². The van der Waals surface area contributed by atoms with E-state index < -0.39 is 0 Å². The Morgan fingerprint density at radius 1 is 1.04 bits per heavy atom. The summed E-state index contributed by atoms with van der Waals surface area (Å²) in [6.45, 7) is 0.344. The standard InChI is InChI=1S/C17H11Cl3IN3O/c18-12-5-3-6-13(19)11(12)8-24-9-14(20)16(23-24)22-17(25)10-4-1-2-7-15(10)21/h1-7,9H,8H2,(H,22,23,25). The molecular weight excluding hydrogens is 495 g/mol. The van der Waals surface area contributed by atoms with Crippen molar-refractivity contribution in [2.24, 2.45) is 0 Å². The molecule has 0 aliphatic carbocycles. The van der Waals surface area contributed by atoms with E-state index >= 15 is 0 Å². The van der Waals surface area contributed by atoms with Crippen molar-refractivity contribution in [3.05, 3.63) is 78.4 Å². The van der Waals surface area contributed by atoms with Crippen LogP contribution in [0.4, 0.5) is 5.82 Å². The molecule has 1 aromatic heterocycles. The highest BCUT2D eigenvalue weighted by Crippen LogP contribution is 2.27. The van der Waals surface area contributed by atoms with Crippen LogP contribution in [0.2, 0.25) is 15.1 Å². The lowest BCUT2D eigenvalue weighted by Gasteiger charge is -2.07. The summed E-state index contributed by atoms with van der Waals surface area (Å²) in [6.07, 6.45) is 1.62. The number of nitrogens with one attached hydrogen (secondary N) is 1. The van der Waals surface area contributed by atoms with E-state index in [4.69, 9.17) is 34.8 Å². The second kappa shape index (κ2) is 7.95. The van der Waals surface area contributed by atoms with Gasteiger partial charge in [-0.15, -0.1) is 0 Å². The molecule has 4 nitrogen and oxygen atoms in total. The lowest BCUT2D eigenvalue weighted by Crippen LogP contribution is -2.14. The van der Waals surface area contributed by atoms with Crippen molar-refractivity contribution in [3.63, 3.8) is 0 Å². The van der Waals surface area contributed by atoms with Crippen molar-refractivity contribution in [1.82, 2.24) is 9.78 Å². The van der Waals surface area contributed by atoms with Crippen LogP contribution in [0.1, 0.15) is 15.9 Å². The van der Waals surface area contributed by atoms with Gasteiger partial charge in [0, 0.05) is 25.4 Å². The number of benzene rings is 2. The van der Waals surface area contributed by atoms with Crippen LogP contribution in [0.15, 0.2) is 48.7 Å². The largest absolute Gasteiger partial charge is 0.304 e. The molecule has 1 amide bonds. The maximum absolute atomic E-state index is 12.4. The van der Waals surface area contributed by atoms with Gasteiger partial charge < -0.3 is 5.32 Å². The van der Waals surface area contributed by atoms with Crippen LogP contribution in [0.5, 0.6) is 0 Å². The molecule has 0 fully saturated rings. The third-order valence-electron chi connectivity index (χ3n) is 3.45. The van der Waals surface area contributed by atoms with Gasteiger partial charge >= 0.3 is 0 Å². The quantitative estimate of drug-likeness (QED) is 0.458. The number of carbonyl (C=O) groups is 1. The molecule has 0 unspecified atom stereocenters. The first kappa shape index (κ1) is 18.5. The van der Waals surface area contributed by atoms with E-state index in [0.717, 1.165) is 9.13 Å². The summed E-state index contributed by atoms with van der Waals surface area (Å²) in [4.78, 5) is 12.4. The van der Waals surface area contributed by atoms with Crippen molar-refractivity contribution in [3.8, 4) is 0 Å². The van der Waals surface area contributed by atoms with Crippen LogP contribution in [0.3, 0.4) is 0 Å². The summed E-state index contributed by atoms with van der Waals surface area (Å²) in [6, 6.07) is 12.6. The molecule has 128 valence electrons. The Morgan fingerprint density at radius 3 is 2.40 bits per heavy atom. The lowest BCUT2D eigenvalue weighted by molar-refractivity contribution is 0.102. The first-order valence-electron chi connectivity index (χ1n) is 7.17. The number of carbonyl (C=O) groups excluding carboxylic acids is 1. The number of nitrogens with zero attached hydrogens (tertiary/aromatic N) is 2. The molecule has 25 heavy (non-hydrogen) atoms. The lowest BCUT2D eigenvalue weighted by atomic mass is 10.2. The third-order valence-corrected chi connectivity index (χ3v) is 5.37. The smallest absolute Gasteiger partial charge is 0.257 e. The van der Waals surface area contributed by atoms with Crippen molar-refractivity contribution < 1.29 is 4.79 Å². The van der Waals surface area contributed by atoms with Crippen LogP contribution in [-0.2, 0) is 6.54 Å². The first-order valence-corrected chi connectivity index (χ1v) is 9.38. The van der Waals surface area contributed by atoms with Gasteiger partial charge in [-0.1, -0.05) is 53.0 Å². The monoisotopic (exact) mass is 505 g/mol. The zero-order valence-electron chi connectivity index (χ0n) is 12.6. The highest BCUT2D eigenvalue weighted by atomic mass is 127. The topological polar surface area (TPSA) is 46.9 Å².